The Balaban J connectivity index is 2.23. The molecule has 0 saturated carbocycles. The van der Waals surface area contributed by atoms with Gasteiger partial charge in [0.1, 0.15) is 11.3 Å². The number of phenolic OH excluding ortho intramolecular Hbond substituents is 1. The molecule has 0 aromatic heterocycles. The van der Waals surface area contributed by atoms with Gasteiger partial charge in [-0.05, 0) is 37.3 Å². The van der Waals surface area contributed by atoms with E-state index in [4.69, 9.17) is 0 Å². The number of nitro groups is 1. The molecule has 6 heteroatoms. The van der Waals surface area contributed by atoms with Gasteiger partial charge in [0.05, 0.1) is 4.92 Å². The van der Waals surface area contributed by atoms with E-state index < -0.39 is 4.92 Å². The van der Waals surface area contributed by atoms with Crippen LogP contribution in [-0.2, 0) is 0 Å². The lowest BCUT2D eigenvalue weighted by Gasteiger charge is -2.20. The minimum Gasteiger partial charge on any atom is -0.508 e. The van der Waals surface area contributed by atoms with Gasteiger partial charge < -0.3 is 10.0 Å². The van der Waals surface area contributed by atoms with Crippen molar-refractivity contribution in [2.24, 2.45) is 5.92 Å². The molecule has 1 aliphatic rings. The van der Waals surface area contributed by atoms with Gasteiger partial charge in [-0.2, -0.15) is 0 Å². The summed E-state index contributed by atoms with van der Waals surface area (Å²) in [7, 11) is 0. The Labute approximate surface area is 123 Å². The van der Waals surface area contributed by atoms with Gasteiger partial charge in [0.2, 0.25) is 0 Å². The Kier molecular flexibility index (Phi) is 4.77. The third-order valence-electron chi connectivity index (χ3n) is 4.12. The fourth-order valence-electron chi connectivity index (χ4n) is 2.80. The van der Waals surface area contributed by atoms with Gasteiger partial charge in [0.15, 0.2) is 0 Å². The number of phenols is 1. The Morgan fingerprint density at radius 2 is 2.19 bits per heavy atom. The number of hydrogen-bond acceptors (Lipinski definition) is 4. The Bertz CT molecular complexity index is 544. The van der Waals surface area contributed by atoms with Crippen LogP contribution in [0, 0.1) is 16.0 Å². The molecule has 1 amide bonds. The second kappa shape index (κ2) is 6.56. The van der Waals surface area contributed by atoms with E-state index in [1.807, 2.05) is 0 Å². The van der Waals surface area contributed by atoms with Gasteiger partial charge in [-0.15, -0.1) is 0 Å². The zero-order chi connectivity index (χ0) is 15.4. The van der Waals surface area contributed by atoms with Gasteiger partial charge >= 0.3 is 0 Å². The van der Waals surface area contributed by atoms with Crippen molar-refractivity contribution in [3.63, 3.8) is 0 Å². The molecule has 1 fully saturated rings. The molecule has 1 unspecified atom stereocenters. The van der Waals surface area contributed by atoms with Crippen molar-refractivity contribution >= 4 is 11.6 Å². The van der Waals surface area contributed by atoms with E-state index in [9.17, 15) is 20.0 Å². The molecule has 0 bridgehead atoms. The summed E-state index contributed by atoms with van der Waals surface area (Å²) in [5.74, 6) is 0.113. The Morgan fingerprint density at radius 1 is 1.43 bits per heavy atom. The quantitative estimate of drug-likeness (QED) is 0.685. The number of benzene rings is 1. The Morgan fingerprint density at radius 3 is 2.86 bits per heavy atom. The molecule has 1 heterocycles. The van der Waals surface area contributed by atoms with Gasteiger partial charge in [0, 0.05) is 19.2 Å². The van der Waals surface area contributed by atoms with Crippen LogP contribution in [0.5, 0.6) is 5.75 Å². The van der Waals surface area contributed by atoms with Crippen LogP contribution in [-0.4, -0.2) is 33.9 Å². The molecule has 1 aliphatic heterocycles. The highest BCUT2D eigenvalue weighted by atomic mass is 16.6. The molecule has 6 nitrogen and oxygen atoms in total. The standard InChI is InChI=1S/C15H20N2O4/c1-2-11-4-3-8-16(9-7-11)15(19)13-10-12(18)5-6-14(13)17(20)21/h5-6,10-11,18H,2-4,7-9H2,1H3. The van der Waals surface area contributed by atoms with Crippen molar-refractivity contribution in [2.75, 3.05) is 13.1 Å². The van der Waals surface area contributed by atoms with Crippen molar-refractivity contribution in [2.45, 2.75) is 32.6 Å². The van der Waals surface area contributed by atoms with E-state index in [0.29, 0.717) is 19.0 Å². The first-order chi connectivity index (χ1) is 10.0. The molecule has 1 saturated heterocycles. The van der Waals surface area contributed by atoms with Gasteiger partial charge in [-0.1, -0.05) is 13.3 Å². The summed E-state index contributed by atoms with van der Waals surface area (Å²) in [6.45, 7) is 3.37. The van der Waals surface area contributed by atoms with Gasteiger partial charge in [-0.25, -0.2) is 0 Å². The van der Waals surface area contributed by atoms with E-state index in [-0.39, 0.29) is 22.9 Å². The number of rotatable bonds is 3. The SMILES string of the molecule is CCC1CCCN(C(=O)c2cc(O)ccc2[N+](=O)[O-])CC1. The molecule has 0 aliphatic carbocycles. The lowest BCUT2D eigenvalue weighted by Crippen LogP contribution is -2.32. The molecular formula is C15H20N2O4. The van der Waals surface area contributed by atoms with Crippen molar-refractivity contribution in [3.8, 4) is 5.75 Å². The Hall–Kier alpha value is -2.11. The topological polar surface area (TPSA) is 83.7 Å². The minimum atomic E-state index is -0.584. The summed E-state index contributed by atoms with van der Waals surface area (Å²) in [4.78, 5) is 24.7. The number of aromatic hydroxyl groups is 1. The van der Waals surface area contributed by atoms with E-state index in [0.717, 1.165) is 25.7 Å². The highest BCUT2D eigenvalue weighted by Crippen LogP contribution is 2.27. The average molecular weight is 292 g/mol. The first kappa shape index (κ1) is 15.3. The predicted octanol–water partition coefficient (Wildman–Crippen LogP) is 2.95. The fourth-order valence-corrected chi connectivity index (χ4v) is 2.80. The molecule has 1 N–H and O–H groups in total. The summed E-state index contributed by atoms with van der Waals surface area (Å²) in [5.41, 5.74) is -0.288. The number of likely N-dealkylation sites (tertiary alicyclic amines) is 1. The third kappa shape index (κ3) is 3.51. The first-order valence-electron chi connectivity index (χ1n) is 7.29. The van der Waals surface area contributed by atoms with Crippen LogP contribution in [0.15, 0.2) is 18.2 Å². The number of hydrogen-bond donors (Lipinski definition) is 1. The van der Waals surface area contributed by atoms with E-state index in [1.54, 1.807) is 4.90 Å². The molecule has 1 aromatic carbocycles. The van der Waals surface area contributed by atoms with Crippen LogP contribution in [0.25, 0.3) is 0 Å². The van der Waals surface area contributed by atoms with Crippen LogP contribution in [0.4, 0.5) is 5.69 Å². The number of amides is 1. The van der Waals surface area contributed by atoms with Gasteiger partial charge in [0.25, 0.3) is 11.6 Å². The maximum absolute atomic E-state index is 12.5. The van der Waals surface area contributed by atoms with E-state index in [2.05, 4.69) is 6.92 Å². The maximum atomic E-state index is 12.5. The minimum absolute atomic E-state index is 0.0325. The van der Waals surface area contributed by atoms with Gasteiger partial charge in [-0.3, -0.25) is 14.9 Å². The highest BCUT2D eigenvalue weighted by molar-refractivity contribution is 5.98. The monoisotopic (exact) mass is 292 g/mol. The summed E-state index contributed by atoms with van der Waals surface area (Å²) in [6, 6.07) is 3.59. The van der Waals surface area contributed by atoms with Crippen LogP contribution in [0.1, 0.15) is 43.0 Å². The average Bonchev–Trinajstić information content (AvgIpc) is 2.71. The second-order valence-corrected chi connectivity index (χ2v) is 5.46. The summed E-state index contributed by atoms with van der Waals surface area (Å²) < 4.78 is 0. The zero-order valence-corrected chi connectivity index (χ0v) is 12.1. The predicted molar refractivity (Wildman–Crippen MR) is 78.3 cm³/mol. The molecule has 21 heavy (non-hydrogen) atoms. The molecule has 114 valence electrons. The normalized spacial score (nSPS) is 19.1. The van der Waals surface area contributed by atoms with E-state index in [1.165, 1.54) is 18.2 Å². The van der Waals surface area contributed by atoms with Crippen molar-refractivity contribution in [1.29, 1.82) is 0 Å². The van der Waals surface area contributed by atoms with E-state index >= 15 is 0 Å². The number of carbonyl (C=O) groups excluding carboxylic acids is 1. The fraction of sp³-hybridized carbons (Fsp3) is 0.533. The molecular weight excluding hydrogens is 272 g/mol. The van der Waals surface area contributed by atoms with Crippen molar-refractivity contribution in [1.82, 2.24) is 4.90 Å². The van der Waals surface area contributed by atoms with Crippen molar-refractivity contribution in [3.05, 3.63) is 33.9 Å². The van der Waals surface area contributed by atoms with Crippen molar-refractivity contribution < 1.29 is 14.8 Å². The lowest BCUT2D eigenvalue weighted by atomic mass is 9.98. The summed E-state index contributed by atoms with van der Waals surface area (Å²) in [6.07, 6.45) is 4.02. The molecule has 1 aromatic rings. The first-order valence-corrected chi connectivity index (χ1v) is 7.29. The molecule has 2 rings (SSSR count). The smallest absolute Gasteiger partial charge is 0.282 e. The molecule has 0 radical (unpaired) electrons. The molecule has 1 atom stereocenters. The number of nitro benzene ring substituents is 1. The summed E-state index contributed by atoms with van der Waals surface area (Å²) in [5, 5.41) is 20.5. The lowest BCUT2D eigenvalue weighted by molar-refractivity contribution is -0.385. The molecule has 0 spiro atoms. The zero-order valence-electron chi connectivity index (χ0n) is 12.1. The highest BCUT2D eigenvalue weighted by Gasteiger charge is 2.27. The largest absolute Gasteiger partial charge is 0.508 e. The summed E-state index contributed by atoms with van der Waals surface area (Å²) >= 11 is 0. The van der Waals surface area contributed by atoms with Crippen LogP contribution < -0.4 is 0 Å². The number of carbonyl (C=O) groups is 1. The van der Waals surface area contributed by atoms with Crippen LogP contribution in [0.3, 0.4) is 0 Å². The second-order valence-electron chi connectivity index (χ2n) is 5.46. The maximum Gasteiger partial charge on any atom is 0.282 e. The van der Waals surface area contributed by atoms with Crippen LogP contribution >= 0.6 is 0 Å². The van der Waals surface area contributed by atoms with Crippen LogP contribution in [0.2, 0.25) is 0 Å². The third-order valence-corrected chi connectivity index (χ3v) is 4.12. The number of nitrogens with zero attached hydrogens (tertiary/aromatic N) is 2.